The number of carboxylic acids is 2. The molecule has 1 aliphatic heterocycles. The smallest absolute Gasteiger partial charge is 0.333 e. The van der Waals surface area contributed by atoms with Crippen LogP contribution in [0.2, 0.25) is 0 Å². The fourth-order valence-electron chi connectivity index (χ4n) is 6.15. The van der Waals surface area contributed by atoms with E-state index >= 15 is 0 Å². The molecule has 3 heterocycles. The molecule has 1 fully saturated rings. The second-order valence-electron chi connectivity index (χ2n) is 16.2. The highest BCUT2D eigenvalue weighted by molar-refractivity contribution is 6.01. The van der Waals surface area contributed by atoms with Crippen molar-refractivity contribution in [3.8, 4) is 22.8 Å². The van der Waals surface area contributed by atoms with Gasteiger partial charge < -0.3 is 48.2 Å². The third-order valence-electron chi connectivity index (χ3n) is 10.2. The van der Waals surface area contributed by atoms with Gasteiger partial charge in [0, 0.05) is 82.0 Å². The second-order valence-corrected chi connectivity index (χ2v) is 16.2. The van der Waals surface area contributed by atoms with Gasteiger partial charge in [-0.3, -0.25) is 52.7 Å². The molecule has 76 heavy (non-hydrogen) atoms. The first-order chi connectivity index (χ1) is 36.2. The van der Waals surface area contributed by atoms with Gasteiger partial charge >= 0.3 is 17.9 Å². The number of hydrogen-bond acceptors (Lipinski definition) is 22. The normalized spacial score (nSPS) is 12.2. The lowest BCUT2D eigenvalue weighted by molar-refractivity contribution is -0.197. The zero-order valence-corrected chi connectivity index (χ0v) is 40.7. The Morgan fingerprint density at radius 3 is 1.38 bits per heavy atom. The number of rotatable bonds is 28. The van der Waals surface area contributed by atoms with Gasteiger partial charge in [-0.25, -0.2) is 4.79 Å². The minimum absolute atomic E-state index is 0.0226. The van der Waals surface area contributed by atoms with Crippen molar-refractivity contribution in [2.45, 2.75) is 115 Å². The number of Topliss-reactive ketones (excluding diaryl/α,β-unsaturated/α-hetero) is 2. The average molecular weight is 1060 g/mol. The monoisotopic (exact) mass is 1060 g/mol. The third kappa shape index (κ3) is 24.3. The Kier molecular flexibility index (Phi) is 26.1. The number of carboxylic acid groups (broad SMARTS) is 2. The van der Waals surface area contributed by atoms with Gasteiger partial charge in [-0.1, -0.05) is 48.5 Å². The number of aromatic nitrogens is 8. The highest BCUT2D eigenvalue weighted by Crippen LogP contribution is 2.16. The van der Waals surface area contributed by atoms with Gasteiger partial charge in [-0.05, 0) is 24.0 Å². The third-order valence-corrected chi connectivity index (χ3v) is 10.2. The van der Waals surface area contributed by atoms with Crippen LogP contribution in [0.5, 0.6) is 0 Å². The first-order valence-corrected chi connectivity index (χ1v) is 23.1. The number of benzene rings is 2. The number of primary amides is 2. The summed E-state index contributed by atoms with van der Waals surface area (Å²) in [7, 11) is 0. The minimum Gasteiger partial charge on any atom is -0.481 e. The quantitative estimate of drug-likeness (QED) is 0.0299. The molecule has 0 aliphatic carbocycles. The number of hydrogen-bond donors (Lipinski definition) is 8. The predicted molar refractivity (Wildman–Crippen MR) is 256 cm³/mol. The highest BCUT2D eigenvalue weighted by Gasteiger charge is 2.33. The van der Waals surface area contributed by atoms with E-state index in [1.807, 2.05) is 0 Å². The molecule has 30 nitrogen and oxygen atoms in total. The number of nitrogens with zero attached hydrogens (tertiary/aromatic N) is 9. The topological polar surface area (TPSA) is 475 Å². The number of carbonyl (C=O) groups is 12. The lowest BCUT2D eigenvalue weighted by Gasteiger charge is -2.17. The summed E-state index contributed by atoms with van der Waals surface area (Å²) in [4.78, 5) is 141. The van der Waals surface area contributed by atoms with E-state index in [9.17, 15) is 57.5 Å². The lowest BCUT2D eigenvalue weighted by Crippen LogP contribution is -2.42. The van der Waals surface area contributed by atoms with Crippen molar-refractivity contribution in [2.24, 2.45) is 17.2 Å². The second kappa shape index (κ2) is 32.6. The highest BCUT2D eigenvalue weighted by atomic mass is 16.7. The Morgan fingerprint density at radius 1 is 0.539 bits per heavy atom. The maximum atomic E-state index is 12.2. The SMILES string of the molecule is NC(=O)CCC(N)C(=O)CCC(=O)O.NC(=O)CCC(NC(=O)CCC(=O)NCc1ccc(-c2nncnn2)cc1)C(=O)CCC(=O)O.O=C(CCC(=O)ON1C(=O)CCC1=O)NCc1ccc(-c2nncnn2)cc1. The first kappa shape index (κ1) is 60.8. The Hall–Kier alpha value is -9.48. The van der Waals surface area contributed by atoms with Crippen molar-refractivity contribution >= 4 is 70.8 Å². The van der Waals surface area contributed by atoms with Crippen LogP contribution >= 0.6 is 0 Å². The van der Waals surface area contributed by atoms with Gasteiger partial charge in [0.2, 0.25) is 41.2 Å². The van der Waals surface area contributed by atoms with Gasteiger partial charge in [0.1, 0.15) is 5.78 Å². The summed E-state index contributed by atoms with van der Waals surface area (Å²) in [5.74, 6) is -6.69. The molecule has 0 radical (unpaired) electrons. The molecule has 2 aromatic heterocycles. The van der Waals surface area contributed by atoms with E-state index in [0.717, 1.165) is 22.3 Å². The molecule has 4 aromatic rings. The van der Waals surface area contributed by atoms with Gasteiger partial charge in [0.05, 0.1) is 31.3 Å². The Labute approximate surface area is 431 Å². The molecule has 5 rings (SSSR count). The predicted octanol–water partition coefficient (Wildman–Crippen LogP) is -1.54. The van der Waals surface area contributed by atoms with Crippen LogP contribution < -0.4 is 33.2 Å². The number of imide groups is 1. The van der Waals surface area contributed by atoms with E-state index in [2.05, 4.69) is 56.7 Å². The summed E-state index contributed by atoms with van der Waals surface area (Å²) in [6, 6.07) is 12.4. The number of ketones is 2. The number of carbonyl (C=O) groups excluding carboxylic acids is 10. The first-order valence-electron chi connectivity index (χ1n) is 23.1. The summed E-state index contributed by atoms with van der Waals surface area (Å²) in [5, 5.41) is 55.4. The molecule has 2 atom stereocenters. The van der Waals surface area contributed by atoms with Crippen LogP contribution in [0.4, 0.5) is 0 Å². The summed E-state index contributed by atoms with van der Waals surface area (Å²) in [6.07, 6.45) is 0.856. The van der Waals surface area contributed by atoms with Crippen LogP contribution in [0.3, 0.4) is 0 Å². The molecule has 0 spiro atoms. The Bertz CT molecular complexity index is 2650. The van der Waals surface area contributed by atoms with Crippen molar-refractivity contribution < 1.29 is 72.6 Å². The fraction of sp³-hybridized carbons (Fsp3) is 0.391. The molecule has 2 aromatic carbocycles. The van der Waals surface area contributed by atoms with E-state index in [1.165, 1.54) is 12.7 Å². The van der Waals surface area contributed by atoms with Crippen molar-refractivity contribution in [1.29, 1.82) is 0 Å². The average Bonchev–Trinajstić information content (AvgIpc) is 3.72. The standard InChI is InChI=1S/C21H25N7O6.C17H16N6O5.C8H14N2O4/c22-17(30)7-5-15(16(29)6-10-20(33)34)26-19(32)9-8-18(31)23-11-13-1-3-14(4-2-13)21-27-24-12-25-28-21;24-13(5-8-16(27)28-23-14(25)6-7-15(23)26)18-9-11-1-3-12(4-2-11)17-21-19-10-20-22-17;9-5(1-3-7(10)12)6(11)2-4-8(13)14/h1-4,12,15H,5-11H2,(H2,22,30)(H,23,31)(H,26,32)(H,33,34);1-4,10H,5-9H2,(H,18,24);5H,1-4,9H2,(H2,10,12)(H,13,14). The van der Waals surface area contributed by atoms with E-state index in [-0.39, 0.29) is 114 Å². The molecule has 11 N–H and O–H groups in total. The van der Waals surface area contributed by atoms with Crippen molar-refractivity contribution in [2.75, 3.05) is 0 Å². The van der Waals surface area contributed by atoms with Crippen molar-refractivity contribution in [1.82, 2.24) is 61.8 Å². The zero-order chi connectivity index (χ0) is 56.0. The van der Waals surface area contributed by atoms with E-state index in [0.29, 0.717) is 16.7 Å². The molecule has 1 aliphatic rings. The largest absolute Gasteiger partial charge is 0.481 e. The molecular formula is C46H55N15O15. The number of aliphatic carboxylic acids is 2. The summed E-state index contributed by atoms with van der Waals surface area (Å²) in [5.41, 5.74) is 18.5. The lowest BCUT2D eigenvalue weighted by atomic mass is 10.0. The summed E-state index contributed by atoms with van der Waals surface area (Å²) in [6.45, 7) is 0.505. The van der Waals surface area contributed by atoms with Crippen LogP contribution in [-0.2, 0) is 75.5 Å². The van der Waals surface area contributed by atoms with Crippen LogP contribution in [0, 0.1) is 0 Å². The van der Waals surface area contributed by atoms with Gasteiger partial charge in [0.15, 0.2) is 18.4 Å². The summed E-state index contributed by atoms with van der Waals surface area (Å²) >= 11 is 0. The molecule has 30 heteroatoms. The fourth-order valence-corrected chi connectivity index (χ4v) is 6.15. The van der Waals surface area contributed by atoms with Crippen LogP contribution in [0.15, 0.2) is 61.2 Å². The Morgan fingerprint density at radius 2 is 0.947 bits per heavy atom. The van der Waals surface area contributed by atoms with Crippen LogP contribution in [0.25, 0.3) is 22.8 Å². The van der Waals surface area contributed by atoms with Gasteiger partial charge in [-0.2, -0.15) is 0 Å². The molecular weight excluding hydrogens is 1000 g/mol. The van der Waals surface area contributed by atoms with Crippen LogP contribution in [0.1, 0.15) is 101 Å². The van der Waals surface area contributed by atoms with Crippen LogP contribution in [-0.4, -0.2) is 139 Å². The molecule has 7 amide bonds. The van der Waals surface area contributed by atoms with E-state index in [4.69, 9.17) is 32.3 Å². The van der Waals surface area contributed by atoms with Crippen molar-refractivity contribution in [3.05, 3.63) is 72.3 Å². The Balaban J connectivity index is 0.000000325. The van der Waals surface area contributed by atoms with Gasteiger partial charge in [-0.15, -0.1) is 45.9 Å². The number of nitrogens with one attached hydrogen (secondary N) is 3. The number of nitrogens with two attached hydrogens (primary N) is 3. The van der Waals surface area contributed by atoms with Crippen molar-refractivity contribution in [3.63, 3.8) is 0 Å². The molecule has 404 valence electrons. The maximum Gasteiger partial charge on any atom is 0.333 e. The summed E-state index contributed by atoms with van der Waals surface area (Å²) < 4.78 is 0. The number of amides is 7. The van der Waals surface area contributed by atoms with E-state index < -0.39 is 71.7 Å². The van der Waals surface area contributed by atoms with E-state index in [1.54, 1.807) is 48.5 Å². The molecule has 1 saturated heterocycles. The maximum absolute atomic E-state index is 12.2. The van der Waals surface area contributed by atoms with Gasteiger partial charge in [0.25, 0.3) is 11.8 Å². The number of hydroxylamine groups is 2. The molecule has 2 unspecified atom stereocenters. The zero-order valence-electron chi connectivity index (χ0n) is 40.7. The molecule has 0 bridgehead atoms. The molecule has 0 saturated carbocycles. The minimum atomic E-state index is -1.15.